The molecule has 1 aliphatic heterocycles. The van der Waals surface area contributed by atoms with Crippen molar-refractivity contribution in [1.82, 2.24) is 9.46 Å². The predicted molar refractivity (Wildman–Crippen MR) is 98.4 cm³/mol. The van der Waals surface area contributed by atoms with Gasteiger partial charge in [-0.3, -0.25) is 4.79 Å². The second-order valence-electron chi connectivity index (χ2n) is 6.95. The molecular formula is C19H24N2O5S. The maximum atomic E-state index is 12.9. The summed E-state index contributed by atoms with van der Waals surface area (Å²) in [5.41, 5.74) is 2.37. The summed E-state index contributed by atoms with van der Waals surface area (Å²) in [5, 5.41) is 3.73. The van der Waals surface area contributed by atoms with Gasteiger partial charge in [-0.05, 0) is 39.2 Å². The third-order valence-corrected chi connectivity index (χ3v) is 6.90. The van der Waals surface area contributed by atoms with E-state index in [0.29, 0.717) is 25.1 Å². The number of benzene rings is 1. The molecule has 1 atom stereocenters. The van der Waals surface area contributed by atoms with Crippen LogP contribution in [0, 0.1) is 26.7 Å². The summed E-state index contributed by atoms with van der Waals surface area (Å²) in [7, 11) is -3.75. The monoisotopic (exact) mass is 392 g/mol. The molecule has 0 amide bonds. The minimum Gasteiger partial charge on any atom is -0.461 e. The number of piperidine rings is 1. The zero-order valence-electron chi connectivity index (χ0n) is 15.8. The van der Waals surface area contributed by atoms with Crippen LogP contribution in [0.15, 0.2) is 33.7 Å². The van der Waals surface area contributed by atoms with Crippen molar-refractivity contribution in [2.45, 2.75) is 45.1 Å². The molecule has 27 heavy (non-hydrogen) atoms. The van der Waals surface area contributed by atoms with Gasteiger partial charge in [-0.25, -0.2) is 8.42 Å². The first-order valence-corrected chi connectivity index (χ1v) is 10.4. The van der Waals surface area contributed by atoms with Crippen LogP contribution in [0.3, 0.4) is 0 Å². The molecule has 146 valence electrons. The number of rotatable bonds is 5. The van der Waals surface area contributed by atoms with Gasteiger partial charge in [0.05, 0.1) is 5.92 Å². The van der Waals surface area contributed by atoms with E-state index in [9.17, 15) is 13.2 Å². The van der Waals surface area contributed by atoms with Crippen LogP contribution in [0.5, 0.6) is 0 Å². The molecule has 1 unspecified atom stereocenters. The van der Waals surface area contributed by atoms with E-state index in [1.165, 1.54) is 4.31 Å². The first kappa shape index (κ1) is 19.6. The van der Waals surface area contributed by atoms with Crippen LogP contribution in [-0.2, 0) is 26.2 Å². The van der Waals surface area contributed by atoms with Crippen LogP contribution in [0.1, 0.15) is 35.4 Å². The van der Waals surface area contributed by atoms with Crippen molar-refractivity contribution in [3.63, 3.8) is 0 Å². The molecular weight excluding hydrogens is 368 g/mol. The number of aromatic nitrogens is 1. The number of hydrogen-bond donors (Lipinski definition) is 0. The van der Waals surface area contributed by atoms with Gasteiger partial charge >= 0.3 is 5.97 Å². The number of aryl methyl sites for hydroxylation is 3. The Hall–Kier alpha value is -2.19. The first-order chi connectivity index (χ1) is 12.8. The van der Waals surface area contributed by atoms with Gasteiger partial charge in [-0.2, -0.15) is 4.31 Å². The fourth-order valence-electron chi connectivity index (χ4n) is 3.28. The largest absolute Gasteiger partial charge is 0.461 e. The summed E-state index contributed by atoms with van der Waals surface area (Å²) in [5.74, 6) is -0.578. The molecule has 8 heteroatoms. The minimum atomic E-state index is -3.75. The molecule has 1 aromatic heterocycles. The lowest BCUT2D eigenvalue weighted by Crippen LogP contribution is -2.43. The molecule has 2 aromatic rings. The summed E-state index contributed by atoms with van der Waals surface area (Å²) in [6.07, 6.45) is 1.22. The lowest BCUT2D eigenvalue weighted by Gasteiger charge is -2.30. The standard InChI is InChI=1S/C19H24N2O5S/c1-13-6-8-16(9-7-13)12-25-19(22)17-5-4-10-21(11-17)27(23,24)18-14(2)20-26-15(18)3/h6-9,17H,4-5,10-12H2,1-3H3. The topological polar surface area (TPSA) is 89.7 Å². The SMILES string of the molecule is Cc1ccc(COC(=O)C2CCCN(S(=O)(=O)c3c(C)noc3C)C2)cc1. The summed E-state index contributed by atoms with van der Waals surface area (Å²) in [6.45, 7) is 5.83. The van der Waals surface area contributed by atoms with Crippen molar-refractivity contribution in [1.29, 1.82) is 0 Å². The second-order valence-corrected chi connectivity index (χ2v) is 8.82. The highest BCUT2D eigenvalue weighted by molar-refractivity contribution is 7.89. The molecule has 0 radical (unpaired) electrons. The number of esters is 1. The molecule has 1 fully saturated rings. The summed E-state index contributed by atoms with van der Waals surface area (Å²) in [4.78, 5) is 12.6. The van der Waals surface area contributed by atoms with E-state index in [-0.39, 0.29) is 29.8 Å². The Morgan fingerprint density at radius 2 is 1.96 bits per heavy atom. The number of carbonyl (C=O) groups is 1. The molecule has 0 bridgehead atoms. The Morgan fingerprint density at radius 1 is 1.26 bits per heavy atom. The van der Waals surface area contributed by atoms with Gasteiger partial charge in [0.1, 0.15) is 17.2 Å². The van der Waals surface area contributed by atoms with Gasteiger partial charge < -0.3 is 9.26 Å². The Balaban J connectivity index is 1.66. The van der Waals surface area contributed by atoms with Crippen LogP contribution >= 0.6 is 0 Å². The summed E-state index contributed by atoms with van der Waals surface area (Å²) < 4.78 is 37.6. The normalized spacial score (nSPS) is 18.4. The Morgan fingerprint density at radius 3 is 2.59 bits per heavy atom. The zero-order valence-corrected chi connectivity index (χ0v) is 16.6. The van der Waals surface area contributed by atoms with Crippen molar-refractivity contribution >= 4 is 16.0 Å². The van der Waals surface area contributed by atoms with E-state index >= 15 is 0 Å². The van der Waals surface area contributed by atoms with E-state index in [0.717, 1.165) is 11.1 Å². The van der Waals surface area contributed by atoms with Gasteiger partial charge in [0.25, 0.3) is 0 Å². The smallest absolute Gasteiger partial charge is 0.310 e. The highest BCUT2D eigenvalue weighted by atomic mass is 32.2. The molecule has 7 nitrogen and oxygen atoms in total. The molecule has 0 aliphatic carbocycles. The minimum absolute atomic E-state index is 0.0937. The van der Waals surface area contributed by atoms with Gasteiger partial charge in [0.2, 0.25) is 10.0 Å². The fourth-order valence-corrected chi connectivity index (χ4v) is 5.10. The molecule has 1 aromatic carbocycles. The maximum Gasteiger partial charge on any atom is 0.310 e. The third-order valence-electron chi connectivity index (χ3n) is 4.78. The molecule has 2 heterocycles. The average molecular weight is 392 g/mol. The molecule has 0 saturated carbocycles. The summed E-state index contributed by atoms with van der Waals surface area (Å²) in [6, 6.07) is 7.75. The van der Waals surface area contributed by atoms with Crippen LogP contribution < -0.4 is 0 Å². The van der Waals surface area contributed by atoms with Gasteiger partial charge in [0, 0.05) is 13.1 Å². The predicted octanol–water partition coefficient (Wildman–Crippen LogP) is 2.74. The highest BCUT2D eigenvalue weighted by Gasteiger charge is 2.37. The molecule has 1 aliphatic rings. The van der Waals surface area contributed by atoms with Crippen LogP contribution in [0.25, 0.3) is 0 Å². The van der Waals surface area contributed by atoms with Crippen LogP contribution in [0.4, 0.5) is 0 Å². The Kier molecular flexibility index (Phi) is 5.67. The molecule has 3 rings (SSSR count). The lowest BCUT2D eigenvalue weighted by atomic mass is 10.00. The van der Waals surface area contributed by atoms with Gasteiger partial charge in [-0.15, -0.1) is 0 Å². The van der Waals surface area contributed by atoms with Crippen LogP contribution in [0.2, 0.25) is 0 Å². The van der Waals surface area contributed by atoms with E-state index in [1.807, 2.05) is 31.2 Å². The number of hydrogen-bond acceptors (Lipinski definition) is 6. The zero-order chi connectivity index (χ0) is 19.6. The van der Waals surface area contributed by atoms with E-state index in [2.05, 4.69) is 5.16 Å². The van der Waals surface area contributed by atoms with Gasteiger partial charge in [-0.1, -0.05) is 35.0 Å². The number of nitrogens with zero attached hydrogens (tertiary/aromatic N) is 2. The quantitative estimate of drug-likeness (QED) is 0.727. The highest BCUT2D eigenvalue weighted by Crippen LogP contribution is 2.28. The van der Waals surface area contributed by atoms with Crippen molar-refractivity contribution in [2.75, 3.05) is 13.1 Å². The maximum absolute atomic E-state index is 12.9. The van der Waals surface area contributed by atoms with E-state index < -0.39 is 15.9 Å². The molecule has 0 N–H and O–H groups in total. The lowest BCUT2D eigenvalue weighted by molar-refractivity contribution is -0.151. The molecule has 0 spiro atoms. The van der Waals surface area contributed by atoms with Crippen molar-refractivity contribution in [2.24, 2.45) is 5.92 Å². The second kappa shape index (κ2) is 7.82. The van der Waals surface area contributed by atoms with Crippen molar-refractivity contribution < 1.29 is 22.5 Å². The molecule has 1 saturated heterocycles. The Labute approximate surface area is 159 Å². The average Bonchev–Trinajstić information content (AvgIpc) is 3.00. The summed E-state index contributed by atoms with van der Waals surface area (Å²) >= 11 is 0. The van der Waals surface area contributed by atoms with Crippen molar-refractivity contribution in [3.05, 3.63) is 46.8 Å². The third kappa shape index (κ3) is 4.22. The van der Waals surface area contributed by atoms with Crippen LogP contribution in [-0.4, -0.2) is 36.9 Å². The Bertz CT molecular complexity index is 899. The number of carbonyl (C=O) groups excluding carboxylic acids is 1. The van der Waals surface area contributed by atoms with E-state index in [4.69, 9.17) is 9.26 Å². The van der Waals surface area contributed by atoms with Gasteiger partial charge in [0.15, 0.2) is 5.76 Å². The van der Waals surface area contributed by atoms with E-state index in [1.54, 1.807) is 13.8 Å². The number of ether oxygens (including phenoxy) is 1. The first-order valence-electron chi connectivity index (χ1n) is 8.94. The van der Waals surface area contributed by atoms with Crippen molar-refractivity contribution in [3.8, 4) is 0 Å². The number of sulfonamides is 1. The fraction of sp³-hybridized carbons (Fsp3) is 0.474.